The van der Waals surface area contributed by atoms with E-state index in [1.807, 2.05) is 23.9 Å². The molecule has 2 aromatic rings. The molecule has 0 aromatic carbocycles. The Morgan fingerprint density at radius 1 is 1.52 bits per heavy atom. The van der Waals surface area contributed by atoms with E-state index < -0.39 is 0 Å². The van der Waals surface area contributed by atoms with E-state index in [0.717, 1.165) is 43.1 Å². The lowest BCUT2D eigenvalue weighted by Crippen LogP contribution is -2.31. The van der Waals surface area contributed by atoms with Crippen LogP contribution >= 0.6 is 11.3 Å². The Balaban J connectivity index is 1.73. The molecule has 8 heteroatoms. The smallest absolute Gasteiger partial charge is 0.274 e. The second kappa shape index (κ2) is 7.18. The first-order valence-corrected chi connectivity index (χ1v) is 8.91. The van der Waals surface area contributed by atoms with Gasteiger partial charge in [-0.2, -0.15) is 0 Å². The highest BCUT2D eigenvalue weighted by Crippen LogP contribution is 2.22. The first-order valence-electron chi connectivity index (χ1n) is 8.03. The third-order valence-corrected chi connectivity index (χ3v) is 5.15. The van der Waals surface area contributed by atoms with Gasteiger partial charge in [-0.1, -0.05) is 12.1 Å². The zero-order chi connectivity index (χ0) is 16.2. The van der Waals surface area contributed by atoms with Crippen LogP contribution in [0.15, 0.2) is 11.6 Å². The normalized spacial score (nSPS) is 17.1. The fraction of sp³-hybridized carbons (Fsp3) is 0.600. The predicted molar refractivity (Wildman–Crippen MR) is 88.5 cm³/mol. The van der Waals surface area contributed by atoms with E-state index in [-0.39, 0.29) is 11.9 Å². The molecule has 1 aliphatic heterocycles. The summed E-state index contributed by atoms with van der Waals surface area (Å²) in [6.45, 7) is 5.91. The molecule has 0 radical (unpaired) electrons. The van der Waals surface area contributed by atoms with Gasteiger partial charge >= 0.3 is 0 Å². The van der Waals surface area contributed by atoms with Gasteiger partial charge in [0.1, 0.15) is 5.01 Å². The third-order valence-electron chi connectivity index (χ3n) is 4.26. The fourth-order valence-corrected chi connectivity index (χ4v) is 3.69. The fourth-order valence-electron chi connectivity index (χ4n) is 2.92. The van der Waals surface area contributed by atoms with Gasteiger partial charge in [0, 0.05) is 11.6 Å². The number of nitrogens with zero attached hydrogens (tertiary/aromatic N) is 4. The van der Waals surface area contributed by atoms with Gasteiger partial charge in [-0.25, -0.2) is 9.67 Å². The zero-order valence-electron chi connectivity index (χ0n) is 13.5. The number of hydrogen-bond acceptors (Lipinski definition) is 6. The molecule has 1 amide bonds. The summed E-state index contributed by atoms with van der Waals surface area (Å²) in [5.41, 5.74) is 1.25. The van der Waals surface area contributed by atoms with E-state index in [0.29, 0.717) is 11.7 Å². The molecule has 2 N–H and O–H groups in total. The number of amides is 1. The average molecular weight is 334 g/mol. The van der Waals surface area contributed by atoms with Gasteiger partial charge in [-0.3, -0.25) is 4.79 Å². The molecule has 23 heavy (non-hydrogen) atoms. The Bertz CT molecular complexity index is 647. The Morgan fingerprint density at radius 3 is 2.96 bits per heavy atom. The van der Waals surface area contributed by atoms with E-state index in [4.69, 9.17) is 0 Å². The molecular formula is C15H22N6OS. The second-order valence-electron chi connectivity index (χ2n) is 5.75. The van der Waals surface area contributed by atoms with Crippen molar-refractivity contribution in [1.82, 2.24) is 30.6 Å². The highest BCUT2D eigenvalue weighted by atomic mass is 32.1. The first kappa shape index (κ1) is 16.1. The third kappa shape index (κ3) is 3.42. The van der Waals surface area contributed by atoms with Crippen molar-refractivity contribution < 1.29 is 4.79 Å². The molecule has 3 rings (SSSR count). The van der Waals surface area contributed by atoms with Gasteiger partial charge in [-0.15, -0.1) is 16.4 Å². The summed E-state index contributed by atoms with van der Waals surface area (Å²) in [6, 6.07) is 0.247. The number of carbonyl (C=O) groups excluding carboxylic acids is 1. The number of rotatable bonds is 5. The van der Waals surface area contributed by atoms with E-state index in [9.17, 15) is 4.79 Å². The average Bonchev–Trinajstić information content (AvgIpc) is 3.23. The Hall–Kier alpha value is -1.80. The van der Waals surface area contributed by atoms with Crippen LogP contribution in [-0.4, -0.2) is 39.0 Å². The van der Waals surface area contributed by atoms with Gasteiger partial charge in [0.25, 0.3) is 5.91 Å². The van der Waals surface area contributed by atoms with Crippen LogP contribution in [0.1, 0.15) is 59.5 Å². The quantitative estimate of drug-likeness (QED) is 0.872. The first-order chi connectivity index (χ1) is 11.2. The topological polar surface area (TPSA) is 84.7 Å². The number of aromatic nitrogens is 4. The summed E-state index contributed by atoms with van der Waals surface area (Å²) in [4.78, 5) is 16.9. The Labute approximate surface area is 139 Å². The van der Waals surface area contributed by atoms with Crippen LogP contribution in [0.3, 0.4) is 0 Å². The maximum absolute atomic E-state index is 12.6. The van der Waals surface area contributed by atoms with Crippen molar-refractivity contribution in [2.45, 2.75) is 45.2 Å². The molecule has 1 unspecified atom stereocenters. The van der Waals surface area contributed by atoms with E-state index in [1.54, 1.807) is 17.5 Å². The van der Waals surface area contributed by atoms with Gasteiger partial charge in [0.05, 0.1) is 17.8 Å². The Morgan fingerprint density at radius 2 is 2.30 bits per heavy atom. The minimum Gasteiger partial charge on any atom is -0.341 e. The molecule has 0 saturated carbocycles. The molecule has 1 saturated heterocycles. The molecule has 1 fully saturated rings. The molecule has 0 spiro atoms. The van der Waals surface area contributed by atoms with Crippen LogP contribution in [0, 0.1) is 6.92 Å². The van der Waals surface area contributed by atoms with Crippen LogP contribution in [0.5, 0.6) is 0 Å². The monoisotopic (exact) mass is 334 g/mol. The molecule has 1 atom stereocenters. The molecule has 124 valence electrons. The number of nitrogens with one attached hydrogen (secondary N) is 2. The summed E-state index contributed by atoms with van der Waals surface area (Å²) in [5.74, 6) is -0.176. The largest absolute Gasteiger partial charge is 0.341 e. The predicted octanol–water partition coefficient (Wildman–Crippen LogP) is 1.85. The number of piperidine rings is 1. The van der Waals surface area contributed by atoms with Crippen LogP contribution in [0.2, 0.25) is 0 Å². The van der Waals surface area contributed by atoms with Crippen LogP contribution < -0.4 is 10.6 Å². The highest BCUT2D eigenvalue weighted by molar-refractivity contribution is 7.09. The van der Waals surface area contributed by atoms with Gasteiger partial charge in [-0.05, 0) is 39.3 Å². The summed E-state index contributed by atoms with van der Waals surface area (Å²) < 4.78 is 1.90. The van der Waals surface area contributed by atoms with Crippen LogP contribution in [0.4, 0.5) is 0 Å². The van der Waals surface area contributed by atoms with Gasteiger partial charge in [0.2, 0.25) is 0 Å². The van der Waals surface area contributed by atoms with E-state index in [1.165, 1.54) is 0 Å². The van der Waals surface area contributed by atoms with Crippen LogP contribution in [0.25, 0.3) is 0 Å². The molecule has 7 nitrogen and oxygen atoms in total. The second-order valence-corrected chi connectivity index (χ2v) is 6.68. The van der Waals surface area contributed by atoms with Gasteiger partial charge < -0.3 is 10.6 Å². The lowest BCUT2D eigenvalue weighted by atomic mass is 10.1. The Kier molecular flexibility index (Phi) is 5.02. The molecule has 0 bridgehead atoms. The molecule has 3 heterocycles. The summed E-state index contributed by atoms with van der Waals surface area (Å²) in [6.07, 6.45) is 4.58. The van der Waals surface area contributed by atoms with E-state index in [2.05, 4.69) is 25.9 Å². The number of thiazole rings is 1. The van der Waals surface area contributed by atoms with E-state index >= 15 is 0 Å². The highest BCUT2D eigenvalue weighted by Gasteiger charge is 2.24. The van der Waals surface area contributed by atoms with Gasteiger partial charge in [0.15, 0.2) is 5.69 Å². The molecule has 2 aromatic heterocycles. The number of carbonyl (C=O) groups is 1. The minimum absolute atomic E-state index is 0.0778. The summed E-state index contributed by atoms with van der Waals surface area (Å²) in [7, 11) is 0. The molecule has 0 aliphatic carbocycles. The van der Waals surface area contributed by atoms with Crippen molar-refractivity contribution in [1.29, 1.82) is 0 Å². The lowest BCUT2D eigenvalue weighted by molar-refractivity contribution is 0.0929. The summed E-state index contributed by atoms with van der Waals surface area (Å²) >= 11 is 1.55. The molecule has 1 aliphatic rings. The van der Waals surface area contributed by atoms with Crippen molar-refractivity contribution in [3.63, 3.8) is 0 Å². The molecular weight excluding hydrogens is 312 g/mol. The van der Waals surface area contributed by atoms with Crippen molar-refractivity contribution in [2.75, 3.05) is 13.1 Å². The van der Waals surface area contributed by atoms with Crippen molar-refractivity contribution >= 4 is 17.2 Å². The number of hydrogen-bond donors (Lipinski definition) is 2. The van der Waals surface area contributed by atoms with Crippen molar-refractivity contribution in [3.05, 3.63) is 28.0 Å². The van der Waals surface area contributed by atoms with Crippen LogP contribution in [-0.2, 0) is 0 Å². The standard InChI is InChI=1S/C15H22N6OS/c1-3-12(15-17-8-9-23-15)18-14(22)13-10(2)21(20-19-13)11-4-6-16-7-5-11/h8-9,11-12,16H,3-7H2,1-2H3,(H,18,22). The summed E-state index contributed by atoms with van der Waals surface area (Å²) in [5, 5.41) is 17.5. The maximum Gasteiger partial charge on any atom is 0.274 e. The van der Waals surface area contributed by atoms with Crippen molar-refractivity contribution in [2.24, 2.45) is 0 Å². The maximum atomic E-state index is 12.6. The minimum atomic E-state index is -0.176. The lowest BCUT2D eigenvalue weighted by Gasteiger charge is -2.23. The zero-order valence-corrected chi connectivity index (χ0v) is 14.3. The SMILES string of the molecule is CCC(NC(=O)c1nnn(C2CCNCC2)c1C)c1nccs1. The van der Waals surface area contributed by atoms with Crippen molar-refractivity contribution in [3.8, 4) is 0 Å².